The zero-order valence-corrected chi connectivity index (χ0v) is 15.0. The molecule has 24 heavy (non-hydrogen) atoms. The molecule has 0 amide bonds. The van der Waals surface area contributed by atoms with E-state index in [1.54, 1.807) is 17.1 Å². The van der Waals surface area contributed by atoms with Crippen molar-refractivity contribution >= 4 is 23.7 Å². The highest BCUT2D eigenvalue weighted by molar-refractivity contribution is 7.18. The Morgan fingerprint density at radius 1 is 1.33 bits per heavy atom. The maximum atomic E-state index is 5.44. The van der Waals surface area contributed by atoms with E-state index in [0.717, 1.165) is 35.1 Å². The van der Waals surface area contributed by atoms with Gasteiger partial charge in [0.05, 0.1) is 18.4 Å². The number of piperazine rings is 1. The van der Waals surface area contributed by atoms with E-state index in [0.29, 0.717) is 11.7 Å². The summed E-state index contributed by atoms with van der Waals surface area (Å²) in [7, 11) is 3.96. The molecule has 3 aromatic heterocycles. The van der Waals surface area contributed by atoms with E-state index in [2.05, 4.69) is 37.5 Å². The van der Waals surface area contributed by atoms with Crippen molar-refractivity contribution in [2.45, 2.75) is 6.04 Å². The molecule has 1 atom stereocenters. The Morgan fingerprint density at radius 3 is 2.96 bits per heavy atom. The van der Waals surface area contributed by atoms with E-state index in [1.807, 2.05) is 13.2 Å². The fourth-order valence-corrected chi connectivity index (χ4v) is 3.42. The number of aryl methyl sites for hydroxylation is 1. The molecule has 0 saturated carbocycles. The van der Waals surface area contributed by atoms with Gasteiger partial charge in [-0.25, -0.2) is 4.98 Å². The van der Waals surface area contributed by atoms with E-state index in [4.69, 9.17) is 4.52 Å². The van der Waals surface area contributed by atoms with E-state index < -0.39 is 0 Å². The summed E-state index contributed by atoms with van der Waals surface area (Å²) in [5, 5.41) is 12.6. The molecule has 1 saturated heterocycles. The monoisotopic (exact) mass is 367 g/mol. The van der Waals surface area contributed by atoms with Gasteiger partial charge in [-0.05, 0) is 7.05 Å². The number of halogens is 1. The van der Waals surface area contributed by atoms with Crippen LogP contribution in [-0.2, 0) is 7.05 Å². The quantitative estimate of drug-likeness (QED) is 0.752. The molecular formula is C14H18ClN7OS. The van der Waals surface area contributed by atoms with Crippen LogP contribution in [0.15, 0.2) is 23.1 Å². The first-order valence-electron chi connectivity index (χ1n) is 7.40. The van der Waals surface area contributed by atoms with Crippen molar-refractivity contribution in [1.29, 1.82) is 0 Å². The summed E-state index contributed by atoms with van der Waals surface area (Å²) < 4.78 is 7.20. The van der Waals surface area contributed by atoms with Crippen LogP contribution in [0, 0.1) is 0 Å². The van der Waals surface area contributed by atoms with Gasteiger partial charge in [0.2, 0.25) is 0 Å². The first-order valence-corrected chi connectivity index (χ1v) is 8.22. The van der Waals surface area contributed by atoms with Crippen molar-refractivity contribution in [3.63, 3.8) is 0 Å². The van der Waals surface area contributed by atoms with Gasteiger partial charge in [0.1, 0.15) is 9.88 Å². The Labute approximate surface area is 149 Å². The van der Waals surface area contributed by atoms with Crippen LogP contribution in [-0.4, -0.2) is 56.5 Å². The number of rotatable bonds is 3. The molecule has 0 aliphatic carbocycles. The Morgan fingerprint density at radius 2 is 2.21 bits per heavy atom. The summed E-state index contributed by atoms with van der Waals surface area (Å²) in [5.41, 5.74) is 0.986. The van der Waals surface area contributed by atoms with Gasteiger partial charge in [0.15, 0.2) is 5.82 Å². The minimum Gasteiger partial charge on any atom is -0.333 e. The highest BCUT2D eigenvalue weighted by Gasteiger charge is 2.26. The smallest absolute Gasteiger partial charge is 0.269 e. The van der Waals surface area contributed by atoms with Crippen molar-refractivity contribution < 1.29 is 4.52 Å². The summed E-state index contributed by atoms with van der Waals surface area (Å²) in [6.45, 7) is 2.79. The summed E-state index contributed by atoms with van der Waals surface area (Å²) in [6.07, 6.45) is 5.50. The van der Waals surface area contributed by atoms with Crippen molar-refractivity contribution in [2.75, 3.05) is 26.7 Å². The fraction of sp³-hybridized carbons (Fsp3) is 0.429. The second-order valence-corrected chi connectivity index (χ2v) is 6.62. The molecule has 1 aliphatic heterocycles. The van der Waals surface area contributed by atoms with Gasteiger partial charge in [-0.1, -0.05) is 5.16 Å². The summed E-state index contributed by atoms with van der Waals surface area (Å²) in [6, 6.07) is 0.145. The lowest BCUT2D eigenvalue weighted by Crippen LogP contribution is -2.44. The van der Waals surface area contributed by atoms with Crippen LogP contribution in [0.5, 0.6) is 0 Å². The van der Waals surface area contributed by atoms with Gasteiger partial charge >= 0.3 is 0 Å². The molecule has 0 bridgehead atoms. The minimum atomic E-state index is 0. The fourth-order valence-electron chi connectivity index (χ4n) is 2.60. The Bertz CT molecular complexity index is 814. The molecule has 3 aromatic rings. The highest BCUT2D eigenvalue weighted by Crippen LogP contribution is 2.31. The van der Waals surface area contributed by atoms with E-state index >= 15 is 0 Å². The third kappa shape index (κ3) is 3.20. The molecule has 4 rings (SSSR count). The number of hydrogen-bond acceptors (Lipinski definition) is 8. The SMILES string of the molecule is CN1CCNCC1c1noc(-c2cnc(-c3cnn(C)c3)s2)n1.Cl. The Hall–Kier alpha value is -1.81. The normalized spacial score (nSPS) is 18.5. The molecule has 1 fully saturated rings. The van der Waals surface area contributed by atoms with Crippen LogP contribution in [0.4, 0.5) is 0 Å². The number of aromatic nitrogens is 5. The lowest BCUT2D eigenvalue weighted by Gasteiger charge is -2.30. The van der Waals surface area contributed by atoms with E-state index in [9.17, 15) is 0 Å². The largest absolute Gasteiger partial charge is 0.333 e. The second kappa shape index (κ2) is 6.98. The van der Waals surface area contributed by atoms with Crippen molar-refractivity contribution in [3.8, 4) is 21.3 Å². The standard InChI is InChI=1S/C14H17N7OS.ClH/c1-20-4-3-15-6-10(20)12-18-13(22-19-12)11-7-16-14(23-11)9-5-17-21(2)8-9;/h5,7-8,10,15H,3-4,6H2,1-2H3;1H. The van der Waals surface area contributed by atoms with E-state index in [-0.39, 0.29) is 18.4 Å². The van der Waals surface area contributed by atoms with Gasteiger partial charge in [-0.15, -0.1) is 23.7 Å². The van der Waals surface area contributed by atoms with E-state index in [1.165, 1.54) is 11.3 Å². The van der Waals surface area contributed by atoms with Gasteiger partial charge < -0.3 is 9.84 Å². The molecule has 0 radical (unpaired) electrons. The number of thiazole rings is 1. The first kappa shape index (κ1) is 17.0. The van der Waals surface area contributed by atoms with Gasteiger partial charge in [0.25, 0.3) is 5.89 Å². The van der Waals surface area contributed by atoms with Crippen molar-refractivity contribution in [1.82, 2.24) is 35.1 Å². The summed E-state index contributed by atoms with van der Waals surface area (Å²) in [4.78, 5) is 12.1. The van der Waals surface area contributed by atoms with Crippen molar-refractivity contribution in [2.24, 2.45) is 7.05 Å². The van der Waals surface area contributed by atoms with Crippen LogP contribution >= 0.6 is 23.7 Å². The third-order valence-electron chi connectivity index (χ3n) is 3.92. The Balaban J connectivity index is 0.00000169. The maximum absolute atomic E-state index is 5.44. The number of nitrogens with zero attached hydrogens (tertiary/aromatic N) is 6. The zero-order chi connectivity index (χ0) is 15.8. The van der Waals surface area contributed by atoms with Gasteiger partial charge in [-0.3, -0.25) is 9.58 Å². The minimum absolute atomic E-state index is 0. The van der Waals surface area contributed by atoms with Crippen LogP contribution in [0.1, 0.15) is 11.9 Å². The van der Waals surface area contributed by atoms with Crippen molar-refractivity contribution in [3.05, 3.63) is 24.4 Å². The van der Waals surface area contributed by atoms with Crippen LogP contribution < -0.4 is 5.32 Å². The van der Waals surface area contributed by atoms with Crippen LogP contribution in [0.2, 0.25) is 0 Å². The topological polar surface area (TPSA) is 84.9 Å². The molecule has 0 aromatic carbocycles. The summed E-state index contributed by atoms with van der Waals surface area (Å²) >= 11 is 1.52. The molecule has 1 aliphatic rings. The number of hydrogen-bond donors (Lipinski definition) is 1. The molecule has 4 heterocycles. The van der Waals surface area contributed by atoms with Crippen LogP contribution in [0.3, 0.4) is 0 Å². The highest BCUT2D eigenvalue weighted by atomic mass is 35.5. The maximum Gasteiger partial charge on any atom is 0.269 e. The van der Waals surface area contributed by atoms with Crippen LogP contribution in [0.25, 0.3) is 21.3 Å². The first-order chi connectivity index (χ1) is 11.2. The predicted molar refractivity (Wildman–Crippen MR) is 93.1 cm³/mol. The van der Waals surface area contributed by atoms with Gasteiger partial charge in [-0.2, -0.15) is 10.1 Å². The molecule has 8 nitrogen and oxygen atoms in total. The zero-order valence-electron chi connectivity index (χ0n) is 13.3. The molecule has 10 heteroatoms. The molecule has 1 N–H and O–H groups in total. The second-order valence-electron chi connectivity index (χ2n) is 5.59. The lowest BCUT2D eigenvalue weighted by atomic mass is 10.2. The molecule has 0 spiro atoms. The average Bonchev–Trinajstić information content (AvgIpc) is 3.27. The Kier molecular flexibility index (Phi) is 4.95. The molecular weight excluding hydrogens is 350 g/mol. The third-order valence-corrected chi connectivity index (χ3v) is 4.95. The average molecular weight is 368 g/mol. The predicted octanol–water partition coefficient (Wildman–Crippen LogP) is 1.59. The number of likely N-dealkylation sites (N-methyl/N-ethyl adjacent to an activating group) is 1. The number of nitrogens with one attached hydrogen (secondary N) is 1. The molecule has 1 unspecified atom stereocenters. The van der Waals surface area contributed by atoms with Gasteiger partial charge in [0, 0.05) is 38.4 Å². The summed E-state index contributed by atoms with van der Waals surface area (Å²) in [5.74, 6) is 1.23. The lowest BCUT2D eigenvalue weighted by molar-refractivity contribution is 0.190. The molecule has 128 valence electrons.